The molecule has 2 aliphatic heterocycles. The average Bonchev–Trinajstić information content (AvgIpc) is 3.31. The molecule has 12 heteroatoms. The monoisotopic (exact) mass is 523 g/mol. The minimum Gasteiger partial charge on any atom is -0.495 e. The van der Waals surface area contributed by atoms with Crippen LogP contribution in [0.2, 0.25) is 0 Å². The van der Waals surface area contributed by atoms with E-state index in [-0.39, 0.29) is 38.2 Å². The molecule has 1 fully saturated rings. The first kappa shape index (κ1) is 25.4. The van der Waals surface area contributed by atoms with Crippen LogP contribution >= 0.6 is 0 Å². The van der Waals surface area contributed by atoms with Gasteiger partial charge in [-0.25, -0.2) is 14.4 Å². The number of imidazole rings is 1. The van der Waals surface area contributed by atoms with Gasteiger partial charge in [0.05, 0.1) is 42.3 Å². The number of likely N-dealkylation sites (N-methyl/N-ethyl adjacent to an activating group) is 1. The molecule has 2 aromatic heterocycles. The predicted octanol–water partition coefficient (Wildman–Crippen LogP) is 3.64. The molecular formula is C26H34FN9O2. The van der Waals surface area contributed by atoms with E-state index >= 15 is 4.39 Å². The Morgan fingerprint density at radius 3 is 2.74 bits per heavy atom. The number of methoxy groups -OCH3 is 1. The SMILES string of the molecule is CC[C@@H]1c2c(C#N)ncn2-c2cnc(Nc3cc(F)c(C(=O)NC4CN(C)C4)cc3OC)nc2N1C(C)C.[HH].[HH]. The van der Waals surface area contributed by atoms with Crippen LogP contribution in [0.5, 0.6) is 5.75 Å². The van der Waals surface area contributed by atoms with Gasteiger partial charge in [0.2, 0.25) is 5.95 Å². The Labute approximate surface area is 223 Å². The zero-order valence-electron chi connectivity index (χ0n) is 22.0. The highest BCUT2D eigenvalue weighted by molar-refractivity contribution is 5.96. The minimum atomic E-state index is -0.682. The number of hydrogen-bond acceptors (Lipinski definition) is 9. The molecule has 2 aliphatic rings. The molecule has 3 aromatic rings. The fourth-order valence-corrected chi connectivity index (χ4v) is 5.18. The molecule has 0 bridgehead atoms. The number of amides is 1. The number of carbonyl (C=O) groups excluding carboxylic acids is 1. The van der Waals surface area contributed by atoms with Crippen molar-refractivity contribution in [3.05, 3.63) is 47.4 Å². The van der Waals surface area contributed by atoms with Crippen molar-refractivity contribution in [2.75, 3.05) is 37.5 Å². The van der Waals surface area contributed by atoms with E-state index in [1.54, 1.807) is 12.5 Å². The zero-order chi connectivity index (χ0) is 27.1. The summed E-state index contributed by atoms with van der Waals surface area (Å²) >= 11 is 0. The van der Waals surface area contributed by atoms with Gasteiger partial charge >= 0.3 is 0 Å². The molecule has 0 radical (unpaired) electrons. The molecule has 0 saturated carbocycles. The van der Waals surface area contributed by atoms with Crippen molar-refractivity contribution in [2.24, 2.45) is 0 Å². The lowest BCUT2D eigenvalue weighted by Gasteiger charge is -2.40. The number of benzene rings is 1. The molecule has 1 atom stereocenters. The summed E-state index contributed by atoms with van der Waals surface area (Å²) in [6.07, 6.45) is 4.01. The van der Waals surface area contributed by atoms with E-state index in [1.165, 1.54) is 19.2 Å². The molecule has 11 nitrogen and oxygen atoms in total. The van der Waals surface area contributed by atoms with Gasteiger partial charge in [-0.2, -0.15) is 10.2 Å². The number of aromatic nitrogens is 4. The highest BCUT2D eigenvalue weighted by Gasteiger charge is 2.36. The summed E-state index contributed by atoms with van der Waals surface area (Å²) < 4.78 is 22.4. The van der Waals surface area contributed by atoms with Crippen molar-refractivity contribution in [3.8, 4) is 17.5 Å². The van der Waals surface area contributed by atoms with Crippen LogP contribution in [0.15, 0.2) is 24.7 Å². The second kappa shape index (κ2) is 9.90. The van der Waals surface area contributed by atoms with Crippen LogP contribution in [0.3, 0.4) is 0 Å². The molecule has 0 aliphatic carbocycles. The smallest absolute Gasteiger partial charge is 0.254 e. The molecule has 2 N–H and O–H groups in total. The normalized spacial score (nSPS) is 16.9. The average molecular weight is 524 g/mol. The molecule has 5 rings (SSSR count). The number of ether oxygens (including phenoxy) is 1. The number of hydrogen-bond donors (Lipinski definition) is 2. The van der Waals surface area contributed by atoms with E-state index in [2.05, 4.69) is 57.2 Å². The lowest BCUT2D eigenvalue weighted by Crippen LogP contribution is -2.57. The quantitative estimate of drug-likeness (QED) is 0.478. The van der Waals surface area contributed by atoms with Crippen LogP contribution in [0.4, 0.5) is 21.8 Å². The van der Waals surface area contributed by atoms with Gasteiger partial charge in [-0.15, -0.1) is 0 Å². The van der Waals surface area contributed by atoms with E-state index < -0.39 is 11.7 Å². The highest BCUT2D eigenvalue weighted by atomic mass is 19.1. The summed E-state index contributed by atoms with van der Waals surface area (Å²) in [5.74, 6) is 0.0200. The van der Waals surface area contributed by atoms with Crippen LogP contribution in [-0.4, -0.2) is 69.7 Å². The van der Waals surface area contributed by atoms with Crippen molar-refractivity contribution in [1.82, 2.24) is 29.7 Å². The predicted molar refractivity (Wildman–Crippen MR) is 144 cm³/mol. The Hall–Kier alpha value is -4.24. The van der Waals surface area contributed by atoms with Crippen LogP contribution in [0.25, 0.3) is 5.69 Å². The summed E-state index contributed by atoms with van der Waals surface area (Å²) in [6.45, 7) is 7.63. The Morgan fingerprint density at radius 2 is 2.11 bits per heavy atom. The molecule has 38 heavy (non-hydrogen) atoms. The molecule has 0 spiro atoms. The van der Waals surface area contributed by atoms with Gasteiger partial charge in [-0.05, 0) is 33.4 Å². The number of nitrogens with one attached hydrogen (secondary N) is 2. The summed E-state index contributed by atoms with van der Waals surface area (Å²) in [5.41, 5.74) is 2.09. The van der Waals surface area contributed by atoms with Crippen molar-refractivity contribution in [1.29, 1.82) is 5.26 Å². The first-order valence-corrected chi connectivity index (χ1v) is 12.5. The summed E-state index contributed by atoms with van der Waals surface area (Å²) in [6, 6.07) is 4.74. The highest BCUT2D eigenvalue weighted by Crippen LogP contribution is 2.42. The molecule has 202 valence electrons. The van der Waals surface area contributed by atoms with E-state index in [9.17, 15) is 10.1 Å². The first-order valence-electron chi connectivity index (χ1n) is 12.5. The van der Waals surface area contributed by atoms with Gasteiger partial charge < -0.3 is 25.2 Å². The van der Waals surface area contributed by atoms with E-state index in [1.807, 2.05) is 11.6 Å². The topological polar surface area (TPSA) is 124 Å². The van der Waals surface area contributed by atoms with Crippen LogP contribution in [-0.2, 0) is 0 Å². The van der Waals surface area contributed by atoms with Gasteiger partial charge in [-0.3, -0.25) is 9.36 Å². The second-order valence-corrected chi connectivity index (χ2v) is 9.84. The van der Waals surface area contributed by atoms with Crippen molar-refractivity contribution in [3.63, 3.8) is 0 Å². The fraction of sp³-hybridized carbons (Fsp3) is 0.423. The van der Waals surface area contributed by atoms with Crippen molar-refractivity contribution >= 4 is 23.4 Å². The standard InChI is InChI=1S/C26H30FN9O2.2H2/c1-6-20-23-19(9-28)30-13-35(23)21-10-29-26(33-24(21)36(20)14(2)3)32-18-8-17(27)16(7-22(18)38-5)25(37)31-15-11-34(4)12-15;;/h7-8,10,13-15,20H,6,11-12H2,1-5H3,(H,31,37)(H,29,32,33);2*1H/t20-;;/m1../s1. The van der Waals surface area contributed by atoms with Gasteiger partial charge in [0.25, 0.3) is 5.91 Å². The third-order valence-electron chi connectivity index (χ3n) is 6.94. The third kappa shape index (κ3) is 4.28. The third-order valence-corrected chi connectivity index (χ3v) is 6.94. The molecule has 4 heterocycles. The van der Waals surface area contributed by atoms with E-state index in [0.29, 0.717) is 22.9 Å². The molecule has 0 unspecified atom stereocenters. The first-order chi connectivity index (χ1) is 18.2. The van der Waals surface area contributed by atoms with Crippen LogP contribution in [0, 0.1) is 17.1 Å². The summed E-state index contributed by atoms with van der Waals surface area (Å²) in [7, 11) is 3.41. The van der Waals surface area contributed by atoms with Crippen LogP contribution in [0.1, 0.15) is 57.8 Å². The lowest BCUT2D eigenvalue weighted by molar-refractivity contribution is 0.0853. The fourth-order valence-electron chi connectivity index (χ4n) is 5.18. The Balaban J connectivity index is 0.00000220. The van der Waals surface area contributed by atoms with E-state index in [4.69, 9.17) is 9.72 Å². The Kier molecular flexibility index (Phi) is 6.62. The van der Waals surface area contributed by atoms with E-state index in [0.717, 1.165) is 25.2 Å². The number of nitrogens with zero attached hydrogens (tertiary/aromatic N) is 7. The molecule has 1 amide bonds. The molecule has 1 saturated heterocycles. The Morgan fingerprint density at radius 1 is 1.34 bits per heavy atom. The largest absolute Gasteiger partial charge is 0.495 e. The Bertz CT molecular complexity index is 1440. The number of carbonyl (C=O) groups is 1. The van der Waals surface area contributed by atoms with Gasteiger partial charge in [-0.1, -0.05) is 6.92 Å². The maximum absolute atomic E-state index is 15.1. The second-order valence-electron chi connectivity index (χ2n) is 9.84. The summed E-state index contributed by atoms with van der Waals surface area (Å²) in [4.78, 5) is 30.4. The maximum Gasteiger partial charge on any atom is 0.254 e. The lowest BCUT2D eigenvalue weighted by atomic mass is 10.0. The van der Waals surface area contributed by atoms with Gasteiger partial charge in [0.15, 0.2) is 11.5 Å². The minimum absolute atomic E-state index is 0. The number of anilines is 3. The number of rotatable bonds is 7. The van der Waals surface area contributed by atoms with Gasteiger partial charge in [0, 0.05) is 28.1 Å². The number of nitriles is 1. The maximum atomic E-state index is 15.1. The summed E-state index contributed by atoms with van der Waals surface area (Å²) in [5, 5.41) is 15.5. The molecule has 1 aromatic carbocycles. The van der Waals surface area contributed by atoms with Gasteiger partial charge in [0.1, 0.15) is 29.7 Å². The molecular weight excluding hydrogens is 489 g/mol. The van der Waals surface area contributed by atoms with Crippen molar-refractivity contribution < 1.29 is 16.8 Å². The van der Waals surface area contributed by atoms with Crippen LogP contribution < -0.4 is 20.3 Å². The number of likely N-dealkylation sites (tertiary alicyclic amines) is 1. The van der Waals surface area contributed by atoms with Crippen molar-refractivity contribution in [2.45, 2.75) is 45.3 Å². The zero-order valence-corrected chi connectivity index (χ0v) is 22.0. The number of halogens is 1. The number of fused-ring (bicyclic) bond motifs is 3.